The van der Waals surface area contributed by atoms with E-state index in [9.17, 15) is 14.0 Å². The molecule has 0 aliphatic heterocycles. The third-order valence-electron chi connectivity index (χ3n) is 2.61. The highest BCUT2D eigenvalue weighted by Crippen LogP contribution is 2.21. The molecule has 2 amide bonds. The summed E-state index contributed by atoms with van der Waals surface area (Å²) in [5, 5.41) is 2.48. The van der Waals surface area contributed by atoms with Crippen LogP contribution in [-0.4, -0.2) is 11.8 Å². The van der Waals surface area contributed by atoms with E-state index in [0.717, 1.165) is 0 Å². The first-order valence-electron chi connectivity index (χ1n) is 5.64. The minimum Gasteiger partial charge on any atom is -0.366 e. The first-order chi connectivity index (χ1) is 9.49. The van der Waals surface area contributed by atoms with Gasteiger partial charge in [-0.3, -0.25) is 9.59 Å². The van der Waals surface area contributed by atoms with Gasteiger partial charge in [0.15, 0.2) is 0 Å². The molecular weight excluding hydrogens is 327 g/mol. The number of carbonyl (C=O) groups is 2. The maximum Gasteiger partial charge on any atom is 0.258 e. The molecule has 4 nitrogen and oxygen atoms in total. The topological polar surface area (TPSA) is 72.2 Å². The average molecular weight is 337 g/mol. The molecule has 102 valence electrons. The van der Waals surface area contributed by atoms with Crippen molar-refractivity contribution in [1.82, 2.24) is 0 Å². The summed E-state index contributed by atoms with van der Waals surface area (Å²) in [7, 11) is 0. The Hall–Kier alpha value is -2.21. The van der Waals surface area contributed by atoms with E-state index in [-0.39, 0.29) is 16.8 Å². The predicted molar refractivity (Wildman–Crippen MR) is 77.0 cm³/mol. The van der Waals surface area contributed by atoms with Crippen molar-refractivity contribution in [3.8, 4) is 0 Å². The number of carbonyl (C=O) groups excluding carboxylic acids is 2. The summed E-state index contributed by atoms with van der Waals surface area (Å²) in [5.41, 5.74) is 5.51. The SMILES string of the molecule is NC(=O)c1cc(Br)ccc1NC(=O)c1ccccc1F. The first-order valence-corrected chi connectivity index (χ1v) is 6.43. The molecule has 2 aromatic rings. The summed E-state index contributed by atoms with van der Waals surface area (Å²) in [6, 6.07) is 10.2. The van der Waals surface area contributed by atoms with Crippen molar-refractivity contribution >= 4 is 33.4 Å². The zero-order valence-corrected chi connectivity index (χ0v) is 11.8. The van der Waals surface area contributed by atoms with Gasteiger partial charge in [0.05, 0.1) is 16.8 Å². The van der Waals surface area contributed by atoms with Crippen molar-refractivity contribution in [1.29, 1.82) is 0 Å². The molecule has 20 heavy (non-hydrogen) atoms. The van der Waals surface area contributed by atoms with Crippen LogP contribution in [0, 0.1) is 5.82 Å². The van der Waals surface area contributed by atoms with E-state index >= 15 is 0 Å². The summed E-state index contributed by atoms with van der Waals surface area (Å²) in [6.07, 6.45) is 0. The number of nitrogens with two attached hydrogens (primary N) is 1. The fourth-order valence-corrected chi connectivity index (χ4v) is 2.03. The number of primary amides is 1. The molecule has 0 unspecified atom stereocenters. The second-order valence-corrected chi connectivity index (χ2v) is 4.90. The lowest BCUT2D eigenvalue weighted by atomic mass is 10.1. The Morgan fingerprint density at radius 1 is 1.10 bits per heavy atom. The number of nitrogens with one attached hydrogen (secondary N) is 1. The molecule has 2 rings (SSSR count). The zero-order valence-electron chi connectivity index (χ0n) is 10.2. The monoisotopic (exact) mass is 336 g/mol. The van der Waals surface area contributed by atoms with Gasteiger partial charge < -0.3 is 11.1 Å². The average Bonchev–Trinajstić information content (AvgIpc) is 2.41. The van der Waals surface area contributed by atoms with Gasteiger partial charge in [-0.15, -0.1) is 0 Å². The minimum atomic E-state index is -0.685. The van der Waals surface area contributed by atoms with Gasteiger partial charge in [0.2, 0.25) is 0 Å². The van der Waals surface area contributed by atoms with Crippen molar-refractivity contribution in [3.05, 3.63) is 63.9 Å². The zero-order chi connectivity index (χ0) is 14.7. The van der Waals surface area contributed by atoms with E-state index < -0.39 is 17.6 Å². The van der Waals surface area contributed by atoms with Gasteiger partial charge in [0.25, 0.3) is 11.8 Å². The van der Waals surface area contributed by atoms with E-state index in [1.165, 1.54) is 30.3 Å². The molecule has 2 aromatic carbocycles. The second kappa shape index (κ2) is 5.83. The molecule has 0 aromatic heterocycles. The van der Waals surface area contributed by atoms with Crippen molar-refractivity contribution in [2.45, 2.75) is 0 Å². The molecule has 0 radical (unpaired) electrons. The van der Waals surface area contributed by atoms with Crippen molar-refractivity contribution in [2.75, 3.05) is 5.32 Å². The quantitative estimate of drug-likeness (QED) is 0.904. The van der Waals surface area contributed by atoms with E-state index in [4.69, 9.17) is 5.73 Å². The Bertz CT molecular complexity index is 689. The highest BCUT2D eigenvalue weighted by Gasteiger charge is 2.15. The summed E-state index contributed by atoms with van der Waals surface area (Å²) >= 11 is 3.21. The van der Waals surface area contributed by atoms with Crippen LogP contribution < -0.4 is 11.1 Å². The minimum absolute atomic E-state index is 0.106. The van der Waals surface area contributed by atoms with Gasteiger partial charge in [-0.25, -0.2) is 4.39 Å². The Morgan fingerprint density at radius 2 is 1.80 bits per heavy atom. The fourth-order valence-electron chi connectivity index (χ4n) is 1.66. The van der Waals surface area contributed by atoms with Gasteiger partial charge in [-0.05, 0) is 30.3 Å². The summed E-state index contributed by atoms with van der Waals surface area (Å²) in [6.45, 7) is 0. The highest BCUT2D eigenvalue weighted by molar-refractivity contribution is 9.10. The van der Waals surface area contributed by atoms with Crippen LogP contribution in [0.1, 0.15) is 20.7 Å². The largest absolute Gasteiger partial charge is 0.366 e. The normalized spacial score (nSPS) is 10.1. The number of benzene rings is 2. The van der Waals surface area contributed by atoms with E-state index in [0.29, 0.717) is 4.47 Å². The molecule has 0 aliphatic carbocycles. The summed E-state index contributed by atoms with van der Waals surface area (Å²) < 4.78 is 14.2. The maximum atomic E-state index is 13.5. The maximum absolute atomic E-state index is 13.5. The molecule has 0 spiro atoms. The van der Waals surface area contributed by atoms with E-state index in [1.807, 2.05) is 0 Å². The van der Waals surface area contributed by atoms with E-state index in [1.54, 1.807) is 12.1 Å². The molecule has 6 heteroatoms. The van der Waals surface area contributed by atoms with Gasteiger partial charge in [0, 0.05) is 4.47 Å². The van der Waals surface area contributed by atoms with Gasteiger partial charge in [0.1, 0.15) is 5.82 Å². The molecule has 0 aliphatic rings. The molecule has 0 bridgehead atoms. The number of hydrogen-bond donors (Lipinski definition) is 2. The predicted octanol–water partition coefficient (Wildman–Crippen LogP) is 2.94. The van der Waals surface area contributed by atoms with Crippen molar-refractivity contribution in [3.63, 3.8) is 0 Å². The number of anilines is 1. The Labute approximate surface area is 122 Å². The van der Waals surface area contributed by atoms with Crippen molar-refractivity contribution in [2.24, 2.45) is 5.73 Å². The Kier molecular flexibility index (Phi) is 4.14. The Morgan fingerprint density at radius 3 is 2.45 bits per heavy atom. The summed E-state index contributed by atoms with van der Waals surface area (Å²) in [5.74, 6) is -1.97. The molecule has 0 heterocycles. The van der Waals surface area contributed by atoms with Crippen molar-refractivity contribution < 1.29 is 14.0 Å². The van der Waals surface area contributed by atoms with Crippen LogP contribution in [0.15, 0.2) is 46.9 Å². The van der Waals surface area contributed by atoms with Crippen LogP contribution in [-0.2, 0) is 0 Å². The molecule has 0 atom stereocenters. The number of hydrogen-bond acceptors (Lipinski definition) is 2. The molecule has 0 fully saturated rings. The lowest BCUT2D eigenvalue weighted by Crippen LogP contribution is -2.19. The van der Waals surface area contributed by atoms with Gasteiger partial charge in [-0.1, -0.05) is 28.1 Å². The molecule has 3 N–H and O–H groups in total. The third-order valence-corrected chi connectivity index (χ3v) is 3.11. The van der Waals surface area contributed by atoms with Crippen LogP contribution in [0.2, 0.25) is 0 Å². The highest BCUT2D eigenvalue weighted by atomic mass is 79.9. The smallest absolute Gasteiger partial charge is 0.258 e. The first kappa shape index (κ1) is 14.2. The lowest BCUT2D eigenvalue weighted by Gasteiger charge is -2.10. The van der Waals surface area contributed by atoms with Crippen LogP contribution in [0.25, 0.3) is 0 Å². The number of rotatable bonds is 3. The second-order valence-electron chi connectivity index (χ2n) is 3.99. The van der Waals surface area contributed by atoms with Gasteiger partial charge >= 0.3 is 0 Å². The van der Waals surface area contributed by atoms with Crippen LogP contribution in [0.4, 0.5) is 10.1 Å². The van der Waals surface area contributed by atoms with Crippen LogP contribution in [0.5, 0.6) is 0 Å². The van der Waals surface area contributed by atoms with Crippen LogP contribution >= 0.6 is 15.9 Å². The molecular formula is C14H10BrFN2O2. The molecule has 0 saturated carbocycles. The van der Waals surface area contributed by atoms with Crippen LogP contribution in [0.3, 0.4) is 0 Å². The van der Waals surface area contributed by atoms with Gasteiger partial charge in [-0.2, -0.15) is 0 Å². The number of halogens is 2. The standard InChI is InChI=1S/C14H10BrFN2O2/c15-8-5-6-12(10(7-8)13(17)19)18-14(20)9-3-1-2-4-11(9)16/h1-7H,(H2,17,19)(H,18,20). The summed E-state index contributed by atoms with van der Waals surface area (Å²) in [4.78, 5) is 23.3. The van der Waals surface area contributed by atoms with E-state index in [2.05, 4.69) is 21.2 Å². The lowest BCUT2D eigenvalue weighted by molar-refractivity contribution is 0.100. The Balaban J connectivity index is 2.33. The molecule has 0 saturated heterocycles. The third kappa shape index (κ3) is 3.03. The fraction of sp³-hybridized carbons (Fsp3) is 0. The number of amides is 2.